The Balaban J connectivity index is 2.09. The molecule has 0 radical (unpaired) electrons. The first kappa shape index (κ1) is 12.8. The van der Waals surface area contributed by atoms with Crippen LogP contribution in [-0.2, 0) is 4.79 Å². The number of hydrogen-bond donors (Lipinski definition) is 1. The summed E-state index contributed by atoms with van der Waals surface area (Å²) < 4.78 is 0. The molecule has 0 aromatic heterocycles. The second-order valence-electron chi connectivity index (χ2n) is 5.65. The number of hydrogen-bond acceptors (Lipinski definition) is 3. The number of rotatable bonds is 4. The quantitative estimate of drug-likeness (QED) is 0.796. The minimum absolute atomic E-state index is 0.217. The van der Waals surface area contributed by atoms with Gasteiger partial charge in [-0.25, -0.2) is 0 Å². The summed E-state index contributed by atoms with van der Waals surface area (Å²) in [5, 5.41) is 3.29. The van der Waals surface area contributed by atoms with Crippen LogP contribution in [0.3, 0.4) is 0 Å². The van der Waals surface area contributed by atoms with Crippen molar-refractivity contribution >= 4 is 5.91 Å². The van der Waals surface area contributed by atoms with Gasteiger partial charge in [0.15, 0.2) is 0 Å². The van der Waals surface area contributed by atoms with Crippen molar-refractivity contribution in [2.75, 3.05) is 27.2 Å². The summed E-state index contributed by atoms with van der Waals surface area (Å²) >= 11 is 0. The van der Waals surface area contributed by atoms with E-state index >= 15 is 0 Å². The summed E-state index contributed by atoms with van der Waals surface area (Å²) in [4.78, 5) is 16.3. The van der Waals surface area contributed by atoms with Gasteiger partial charge in [0, 0.05) is 12.1 Å². The Morgan fingerprint density at radius 3 is 2.59 bits per heavy atom. The lowest BCUT2D eigenvalue weighted by atomic mass is 9.95. The van der Waals surface area contributed by atoms with E-state index in [9.17, 15) is 4.79 Å². The van der Waals surface area contributed by atoms with Gasteiger partial charge in [0.05, 0.1) is 12.7 Å². The fraction of sp³-hybridized carbons (Fsp3) is 0.923. The van der Waals surface area contributed by atoms with E-state index in [2.05, 4.69) is 36.1 Å². The summed E-state index contributed by atoms with van der Waals surface area (Å²) in [6.45, 7) is 3.55. The molecule has 1 unspecified atom stereocenters. The predicted octanol–water partition coefficient (Wildman–Crippen LogP) is 1.03. The molecular formula is C13H25N3O. The maximum Gasteiger partial charge on any atom is 0.237 e. The Morgan fingerprint density at radius 2 is 2.06 bits per heavy atom. The SMILES string of the molecule is CCC1NCC(=O)N1CC1(N(C)C)CCCC1. The Hall–Kier alpha value is -0.610. The van der Waals surface area contributed by atoms with Crippen LogP contribution in [0.4, 0.5) is 0 Å². The van der Waals surface area contributed by atoms with Crippen molar-refractivity contribution in [3.8, 4) is 0 Å². The highest BCUT2D eigenvalue weighted by Crippen LogP contribution is 2.35. The van der Waals surface area contributed by atoms with Gasteiger partial charge in [-0.05, 0) is 33.4 Å². The lowest BCUT2D eigenvalue weighted by Crippen LogP contribution is -2.53. The van der Waals surface area contributed by atoms with Gasteiger partial charge in [0.25, 0.3) is 0 Å². The molecule has 1 atom stereocenters. The monoisotopic (exact) mass is 239 g/mol. The number of likely N-dealkylation sites (N-methyl/N-ethyl adjacent to an activating group) is 1. The molecule has 0 spiro atoms. The van der Waals surface area contributed by atoms with Crippen molar-refractivity contribution in [3.63, 3.8) is 0 Å². The maximum absolute atomic E-state index is 11.9. The average Bonchev–Trinajstić information content (AvgIpc) is 2.89. The smallest absolute Gasteiger partial charge is 0.237 e. The number of carbonyl (C=O) groups excluding carboxylic acids is 1. The third kappa shape index (κ3) is 2.33. The minimum Gasteiger partial charge on any atom is -0.324 e. The molecule has 4 heteroatoms. The molecule has 1 saturated heterocycles. The van der Waals surface area contributed by atoms with Crippen LogP contribution in [0.25, 0.3) is 0 Å². The summed E-state index contributed by atoms with van der Waals surface area (Å²) in [5.41, 5.74) is 0.217. The molecule has 2 aliphatic rings. The molecule has 2 rings (SSSR count). The van der Waals surface area contributed by atoms with Crippen LogP contribution in [0.5, 0.6) is 0 Å². The molecule has 4 nitrogen and oxygen atoms in total. The van der Waals surface area contributed by atoms with E-state index in [0.717, 1.165) is 13.0 Å². The topological polar surface area (TPSA) is 35.6 Å². The first-order valence-corrected chi connectivity index (χ1v) is 6.79. The zero-order valence-electron chi connectivity index (χ0n) is 11.3. The number of nitrogens with zero attached hydrogens (tertiary/aromatic N) is 2. The van der Waals surface area contributed by atoms with Crippen molar-refractivity contribution in [3.05, 3.63) is 0 Å². The molecule has 1 aliphatic carbocycles. The Morgan fingerprint density at radius 1 is 1.41 bits per heavy atom. The summed E-state index contributed by atoms with van der Waals surface area (Å²) in [7, 11) is 4.31. The van der Waals surface area contributed by atoms with E-state index in [0.29, 0.717) is 6.54 Å². The molecule has 1 N–H and O–H groups in total. The molecule has 98 valence electrons. The van der Waals surface area contributed by atoms with Gasteiger partial charge < -0.3 is 9.80 Å². The van der Waals surface area contributed by atoms with Crippen LogP contribution in [0, 0.1) is 0 Å². The molecule has 1 amide bonds. The van der Waals surface area contributed by atoms with Gasteiger partial charge in [-0.1, -0.05) is 19.8 Å². The van der Waals surface area contributed by atoms with Crippen LogP contribution in [0.1, 0.15) is 39.0 Å². The highest BCUT2D eigenvalue weighted by Gasteiger charge is 2.41. The van der Waals surface area contributed by atoms with Crippen molar-refractivity contribution in [2.45, 2.75) is 50.7 Å². The van der Waals surface area contributed by atoms with Crippen LogP contribution in [0.2, 0.25) is 0 Å². The Bertz CT molecular complexity index is 284. The molecule has 2 fully saturated rings. The third-order valence-corrected chi connectivity index (χ3v) is 4.52. The highest BCUT2D eigenvalue weighted by atomic mass is 16.2. The van der Waals surface area contributed by atoms with E-state index in [-0.39, 0.29) is 17.6 Å². The van der Waals surface area contributed by atoms with E-state index in [1.165, 1.54) is 25.7 Å². The molecule has 0 aromatic rings. The number of carbonyl (C=O) groups is 1. The predicted molar refractivity (Wildman–Crippen MR) is 68.7 cm³/mol. The number of amides is 1. The van der Waals surface area contributed by atoms with Gasteiger partial charge in [0.1, 0.15) is 0 Å². The standard InChI is InChI=1S/C13H25N3O/c1-4-11-14-9-12(17)16(11)10-13(15(2)3)7-5-6-8-13/h11,14H,4-10H2,1-3H3. The van der Waals surface area contributed by atoms with E-state index in [1.807, 2.05) is 0 Å². The minimum atomic E-state index is 0.217. The van der Waals surface area contributed by atoms with Crippen LogP contribution in [0.15, 0.2) is 0 Å². The summed E-state index contributed by atoms with van der Waals surface area (Å²) in [5.74, 6) is 0.268. The average molecular weight is 239 g/mol. The summed E-state index contributed by atoms with van der Waals surface area (Å²) in [6, 6.07) is 0. The van der Waals surface area contributed by atoms with E-state index in [1.54, 1.807) is 0 Å². The highest BCUT2D eigenvalue weighted by molar-refractivity contribution is 5.80. The van der Waals surface area contributed by atoms with Gasteiger partial charge >= 0.3 is 0 Å². The fourth-order valence-corrected chi connectivity index (χ4v) is 3.25. The van der Waals surface area contributed by atoms with Crippen molar-refractivity contribution in [1.29, 1.82) is 0 Å². The van der Waals surface area contributed by atoms with E-state index in [4.69, 9.17) is 0 Å². The van der Waals surface area contributed by atoms with Gasteiger partial charge in [-0.15, -0.1) is 0 Å². The van der Waals surface area contributed by atoms with Crippen LogP contribution in [-0.4, -0.2) is 54.6 Å². The second kappa shape index (κ2) is 4.94. The van der Waals surface area contributed by atoms with Gasteiger partial charge in [0.2, 0.25) is 5.91 Å². The summed E-state index contributed by atoms with van der Waals surface area (Å²) in [6.07, 6.45) is 6.28. The van der Waals surface area contributed by atoms with Crippen molar-refractivity contribution < 1.29 is 4.79 Å². The lowest BCUT2D eigenvalue weighted by molar-refractivity contribution is -0.129. The first-order valence-electron chi connectivity index (χ1n) is 6.79. The molecule has 1 saturated carbocycles. The van der Waals surface area contributed by atoms with Gasteiger partial charge in [-0.2, -0.15) is 0 Å². The molecular weight excluding hydrogens is 214 g/mol. The normalized spacial score (nSPS) is 28.4. The molecule has 0 bridgehead atoms. The van der Waals surface area contributed by atoms with Gasteiger partial charge in [-0.3, -0.25) is 10.1 Å². The van der Waals surface area contributed by atoms with Crippen LogP contribution < -0.4 is 5.32 Å². The van der Waals surface area contributed by atoms with Crippen molar-refractivity contribution in [1.82, 2.24) is 15.1 Å². The van der Waals surface area contributed by atoms with Crippen LogP contribution >= 0.6 is 0 Å². The maximum atomic E-state index is 11.9. The molecule has 1 aliphatic heterocycles. The first-order chi connectivity index (χ1) is 8.09. The van der Waals surface area contributed by atoms with E-state index < -0.39 is 0 Å². The molecule has 0 aromatic carbocycles. The largest absolute Gasteiger partial charge is 0.324 e. The zero-order valence-corrected chi connectivity index (χ0v) is 11.3. The fourth-order valence-electron chi connectivity index (χ4n) is 3.25. The number of nitrogens with one attached hydrogen (secondary N) is 1. The Labute approximate surface area is 104 Å². The third-order valence-electron chi connectivity index (χ3n) is 4.52. The Kier molecular flexibility index (Phi) is 3.73. The lowest BCUT2D eigenvalue weighted by Gasteiger charge is -2.41. The molecule has 1 heterocycles. The zero-order chi connectivity index (χ0) is 12.5. The molecule has 17 heavy (non-hydrogen) atoms. The van der Waals surface area contributed by atoms with Crippen molar-refractivity contribution in [2.24, 2.45) is 0 Å². The second-order valence-corrected chi connectivity index (χ2v) is 5.65.